The van der Waals surface area contributed by atoms with Gasteiger partial charge in [-0.05, 0) is 56.6 Å². The number of urea groups is 1. The second-order valence-electron chi connectivity index (χ2n) is 7.71. The number of carbonyl (C=O) groups is 2. The topological polar surface area (TPSA) is 77.8 Å². The molecule has 7 nitrogen and oxygen atoms in total. The Kier molecular flexibility index (Phi) is 7.84. The maximum absolute atomic E-state index is 12.1. The molecule has 3 amide bonds. The highest BCUT2D eigenvalue weighted by Crippen LogP contribution is 2.18. The summed E-state index contributed by atoms with van der Waals surface area (Å²) >= 11 is 0. The summed E-state index contributed by atoms with van der Waals surface area (Å²) in [4.78, 5) is 28.4. The molecule has 1 aliphatic heterocycles. The average Bonchev–Trinajstić information content (AvgIpc) is 3.22. The molecule has 0 saturated carbocycles. The van der Waals surface area contributed by atoms with Crippen molar-refractivity contribution in [3.63, 3.8) is 0 Å². The largest absolute Gasteiger partial charge is 0.467 e. The van der Waals surface area contributed by atoms with Gasteiger partial charge >= 0.3 is 6.03 Å². The van der Waals surface area contributed by atoms with Gasteiger partial charge in [0, 0.05) is 13.1 Å². The molecule has 2 N–H and O–H groups in total. The van der Waals surface area contributed by atoms with Gasteiger partial charge in [-0.25, -0.2) is 4.79 Å². The van der Waals surface area contributed by atoms with Gasteiger partial charge in [-0.15, -0.1) is 0 Å². The second kappa shape index (κ2) is 10.8. The molecule has 1 aliphatic rings. The lowest BCUT2D eigenvalue weighted by atomic mass is 9.96. The molecule has 3 rings (SSSR count). The summed E-state index contributed by atoms with van der Waals surface area (Å²) in [5.41, 5.74) is 1.33. The van der Waals surface area contributed by atoms with E-state index in [9.17, 15) is 9.59 Å². The number of nitrogens with one attached hydrogen (secondary N) is 2. The molecule has 7 heteroatoms. The van der Waals surface area contributed by atoms with E-state index in [0.29, 0.717) is 11.7 Å². The molecule has 0 bridgehead atoms. The first kappa shape index (κ1) is 21.1. The fourth-order valence-electron chi connectivity index (χ4n) is 3.72. The lowest BCUT2D eigenvalue weighted by Gasteiger charge is -2.33. The van der Waals surface area contributed by atoms with Crippen molar-refractivity contribution in [1.29, 1.82) is 0 Å². The molecular weight excluding hydrogens is 368 g/mol. The molecule has 0 radical (unpaired) electrons. The van der Waals surface area contributed by atoms with Crippen molar-refractivity contribution < 1.29 is 14.0 Å². The summed E-state index contributed by atoms with van der Waals surface area (Å²) in [6, 6.07) is 13.5. The summed E-state index contributed by atoms with van der Waals surface area (Å²) in [5, 5.41) is 4.99. The first-order chi connectivity index (χ1) is 14.1. The summed E-state index contributed by atoms with van der Waals surface area (Å²) in [5.74, 6) is 1.01. The van der Waals surface area contributed by atoms with E-state index in [1.807, 2.05) is 6.07 Å². The number of carbonyl (C=O) groups excluding carboxylic acids is 2. The molecule has 0 unspecified atom stereocenters. The first-order valence-corrected chi connectivity index (χ1v) is 10.1. The number of amides is 3. The van der Waals surface area contributed by atoms with Crippen LogP contribution in [0.4, 0.5) is 4.79 Å². The van der Waals surface area contributed by atoms with Crippen LogP contribution >= 0.6 is 0 Å². The smallest absolute Gasteiger partial charge is 0.321 e. The van der Waals surface area contributed by atoms with E-state index < -0.39 is 6.03 Å². The van der Waals surface area contributed by atoms with Gasteiger partial charge in [0.2, 0.25) is 5.91 Å². The zero-order valence-corrected chi connectivity index (χ0v) is 17.0. The van der Waals surface area contributed by atoms with E-state index in [2.05, 4.69) is 51.7 Å². The van der Waals surface area contributed by atoms with Crippen molar-refractivity contribution in [2.24, 2.45) is 5.92 Å². The van der Waals surface area contributed by atoms with E-state index in [0.717, 1.165) is 39.0 Å². The number of nitrogens with zero attached hydrogens (tertiary/aromatic N) is 2. The molecule has 0 atom stereocenters. The number of furan rings is 1. The number of likely N-dealkylation sites (tertiary alicyclic amines) is 1. The molecule has 1 aromatic carbocycles. The highest BCUT2D eigenvalue weighted by molar-refractivity contribution is 5.95. The molecule has 2 heterocycles. The van der Waals surface area contributed by atoms with Gasteiger partial charge < -0.3 is 14.6 Å². The molecule has 29 heavy (non-hydrogen) atoms. The van der Waals surface area contributed by atoms with E-state index in [1.54, 1.807) is 18.4 Å². The number of rotatable bonds is 8. The molecule has 156 valence electrons. The van der Waals surface area contributed by atoms with Crippen molar-refractivity contribution >= 4 is 11.9 Å². The van der Waals surface area contributed by atoms with E-state index in [1.165, 1.54) is 5.56 Å². The quantitative estimate of drug-likeness (QED) is 0.714. The number of hydrogen-bond donors (Lipinski definition) is 2. The standard InChI is InChI=1S/C22H30N4O3/c1-25(15-18-6-3-2-4-7-18)16-19-9-11-26(12-10-19)17-21(27)24-22(28)23-14-20-8-5-13-29-20/h2-8,13,19H,9-12,14-17H2,1H3,(H2,23,24,27,28). The lowest BCUT2D eigenvalue weighted by molar-refractivity contribution is -0.121. The number of imide groups is 1. The summed E-state index contributed by atoms with van der Waals surface area (Å²) in [6.45, 7) is 4.28. The molecule has 2 aromatic rings. The predicted octanol–water partition coefficient (Wildman–Crippen LogP) is 2.45. The number of hydrogen-bond acceptors (Lipinski definition) is 5. The van der Waals surface area contributed by atoms with Crippen LogP contribution in [0.2, 0.25) is 0 Å². The van der Waals surface area contributed by atoms with Gasteiger partial charge in [-0.2, -0.15) is 0 Å². The van der Waals surface area contributed by atoms with Gasteiger partial charge in [0.05, 0.1) is 19.4 Å². The zero-order valence-electron chi connectivity index (χ0n) is 17.0. The highest BCUT2D eigenvalue weighted by Gasteiger charge is 2.22. The van der Waals surface area contributed by atoms with Gasteiger partial charge in [-0.3, -0.25) is 15.0 Å². The maximum Gasteiger partial charge on any atom is 0.321 e. The number of benzene rings is 1. The first-order valence-electron chi connectivity index (χ1n) is 10.1. The Morgan fingerprint density at radius 1 is 1.14 bits per heavy atom. The Morgan fingerprint density at radius 2 is 1.90 bits per heavy atom. The summed E-state index contributed by atoms with van der Waals surface area (Å²) in [7, 11) is 2.16. The van der Waals surface area contributed by atoms with Gasteiger partial charge in [0.25, 0.3) is 0 Å². The van der Waals surface area contributed by atoms with E-state index in [-0.39, 0.29) is 19.0 Å². The Balaban J connectivity index is 1.30. The van der Waals surface area contributed by atoms with Crippen LogP contribution in [0.15, 0.2) is 53.1 Å². The highest BCUT2D eigenvalue weighted by atomic mass is 16.3. The van der Waals surface area contributed by atoms with Gasteiger partial charge in [0.1, 0.15) is 5.76 Å². The van der Waals surface area contributed by atoms with Crippen molar-refractivity contribution in [2.75, 3.05) is 33.2 Å². The third kappa shape index (κ3) is 7.36. The summed E-state index contributed by atoms with van der Waals surface area (Å²) < 4.78 is 5.14. The van der Waals surface area contributed by atoms with Crippen LogP contribution in [0.5, 0.6) is 0 Å². The third-order valence-corrected chi connectivity index (χ3v) is 5.20. The van der Waals surface area contributed by atoms with Crippen LogP contribution in [-0.2, 0) is 17.9 Å². The lowest BCUT2D eigenvalue weighted by Crippen LogP contribution is -2.46. The fraction of sp³-hybridized carbons (Fsp3) is 0.455. The number of piperidine rings is 1. The zero-order chi connectivity index (χ0) is 20.5. The normalized spacial score (nSPS) is 15.4. The van der Waals surface area contributed by atoms with Crippen LogP contribution in [-0.4, -0.2) is 55.0 Å². The van der Waals surface area contributed by atoms with Crippen LogP contribution in [0.3, 0.4) is 0 Å². The van der Waals surface area contributed by atoms with Crippen molar-refractivity contribution in [2.45, 2.75) is 25.9 Å². The molecule has 1 fully saturated rings. The second-order valence-corrected chi connectivity index (χ2v) is 7.71. The van der Waals surface area contributed by atoms with Crippen molar-refractivity contribution in [3.8, 4) is 0 Å². The minimum absolute atomic E-state index is 0.251. The molecule has 1 saturated heterocycles. The average molecular weight is 399 g/mol. The van der Waals surface area contributed by atoms with Crippen LogP contribution < -0.4 is 10.6 Å². The molecular formula is C22H30N4O3. The molecule has 0 aliphatic carbocycles. The monoisotopic (exact) mass is 398 g/mol. The van der Waals surface area contributed by atoms with Gasteiger partial charge in [0.15, 0.2) is 0 Å². The van der Waals surface area contributed by atoms with Crippen molar-refractivity contribution in [1.82, 2.24) is 20.4 Å². The van der Waals surface area contributed by atoms with E-state index in [4.69, 9.17) is 4.42 Å². The van der Waals surface area contributed by atoms with E-state index >= 15 is 0 Å². The van der Waals surface area contributed by atoms with Gasteiger partial charge in [-0.1, -0.05) is 30.3 Å². The Labute approximate surface area is 172 Å². The molecule has 1 aromatic heterocycles. The minimum atomic E-state index is -0.496. The third-order valence-electron chi connectivity index (χ3n) is 5.20. The van der Waals surface area contributed by atoms with Crippen LogP contribution in [0, 0.1) is 5.92 Å². The van der Waals surface area contributed by atoms with Crippen LogP contribution in [0.1, 0.15) is 24.2 Å². The Hall–Kier alpha value is -2.64. The van der Waals surface area contributed by atoms with Crippen molar-refractivity contribution in [3.05, 3.63) is 60.1 Å². The Morgan fingerprint density at radius 3 is 2.59 bits per heavy atom. The predicted molar refractivity (Wildman–Crippen MR) is 111 cm³/mol. The maximum atomic E-state index is 12.1. The SMILES string of the molecule is CN(Cc1ccccc1)CC1CCN(CC(=O)NC(=O)NCc2ccco2)CC1. The Bertz CT molecular complexity index is 756. The molecule has 0 spiro atoms. The summed E-state index contributed by atoms with van der Waals surface area (Å²) in [6.07, 6.45) is 3.68. The van der Waals surface area contributed by atoms with Crippen LogP contribution in [0.25, 0.3) is 0 Å². The fourth-order valence-corrected chi connectivity index (χ4v) is 3.72. The minimum Gasteiger partial charge on any atom is -0.467 e.